The summed E-state index contributed by atoms with van der Waals surface area (Å²) in [6, 6.07) is 20.8. The normalized spacial score (nSPS) is 11.2. The number of hydrogen-bond donors (Lipinski definition) is 0. The molecule has 0 bridgehead atoms. The Morgan fingerprint density at radius 2 is 1.30 bits per heavy atom. The predicted octanol–water partition coefficient (Wildman–Crippen LogP) is 2.37. The number of amides is 1. The molecule has 3 heteroatoms. The van der Waals surface area contributed by atoms with Crippen molar-refractivity contribution in [3.05, 3.63) is 60.7 Å². The third kappa shape index (κ3) is 3.08. The molecule has 2 aromatic rings. The Bertz CT molecular complexity index is 527. The Morgan fingerprint density at radius 1 is 0.900 bits per heavy atom. The summed E-state index contributed by atoms with van der Waals surface area (Å²) in [5.41, 5.74) is 0. The molecule has 0 saturated carbocycles. The van der Waals surface area contributed by atoms with E-state index in [0.717, 1.165) is 0 Å². The van der Waals surface area contributed by atoms with Crippen LogP contribution in [0.25, 0.3) is 0 Å². The lowest BCUT2D eigenvalue weighted by molar-refractivity contribution is -0.125. The van der Waals surface area contributed by atoms with Crippen molar-refractivity contribution in [2.24, 2.45) is 0 Å². The third-order valence-electron chi connectivity index (χ3n) is 3.60. The van der Waals surface area contributed by atoms with Crippen LogP contribution >= 0.6 is 7.26 Å². The molecule has 0 atom stereocenters. The number of benzene rings is 2. The number of rotatable bonds is 4. The van der Waals surface area contributed by atoms with Gasteiger partial charge in [0, 0.05) is 14.1 Å². The van der Waals surface area contributed by atoms with Gasteiger partial charge < -0.3 is 4.90 Å². The summed E-state index contributed by atoms with van der Waals surface area (Å²) in [6.45, 7) is 2.25. The molecule has 2 rings (SSSR count). The van der Waals surface area contributed by atoms with E-state index in [1.165, 1.54) is 10.6 Å². The molecule has 0 aliphatic heterocycles. The summed E-state index contributed by atoms with van der Waals surface area (Å²) in [5.74, 6) is 0.188. The second-order valence-corrected chi connectivity index (χ2v) is 9.04. The maximum Gasteiger partial charge on any atom is 0.260 e. The van der Waals surface area contributed by atoms with Crippen LogP contribution in [0.5, 0.6) is 0 Å². The highest BCUT2D eigenvalue weighted by molar-refractivity contribution is 7.89. The fourth-order valence-corrected chi connectivity index (χ4v) is 5.41. The Balaban J connectivity index is 2.47. The maximum atomic E-state index is 12.3. The molecular weight excluding hydrogens is 265 g/mol. The number of hydrogen-bond acceptors (Lipinski definition) is 1. The van der Waals surface area contributed by atoms with Crippen LogP contribution in [0.4, 0.5) is 0 Å². The minimum absolute atomic E-state index is 0.188. The highest BCUT2D eigenvalue weighted by Gasteiger charge is 2.40. The van der Waals surface area contributed by atoms with Gasteiger partial charge in [-0.3, -0.25) is 4.79 Å². The van der Waals surface area contributed by atoms with Crippen molar-refractivity contribution in [2.45, 2.75) is 0 Å². The van der Waals surface area contributed by atoms with E-state index in [2.05, 4.69) is 55.2 Å². The lowest BCUT2D eigenvalue weighted by Gasteiger charge is -2.24. The summed E-state index contributed by atoms with van der Waals surface area (Å²) in [7, 11) is 1.97. The molecule has 0 fully saturated rings. The van der Waals surface area contributed by atoms with Crippen molar-refractivity contribution in [3.63, 3.8) is 0 Å². The molecule has 0 radical (unpaired) electrons. The molecule has 0 aliphatic rings. The first-order valence-electron chi connectivity index (χ1n) is 6.71. The van der Waals surface area contributed by atoms with E-state index in [9.17, 15) is 4.79 Å². The second kappa shape index (κ2) is 6.19. The highest BCUT2D eigenvalue weighted by Crippen LogP contribution is 2.52. The van der Waals surface area contributed by atoms with E-state index in [0.29, 0.717) is 6.16 Å². The summed E-state index contributed by atoms with van der Waals surface area (Å²) in [4.78, 5) is 13.9. The van der Waals surface area contributed by atoms with Crippen LogP contribution in [0.1, 0.15) is 0 Å². The molecule has 0 unspecified atom stereocenters. The first kappa shape index (κ1) is 14.7. The summed E-state index contributed by atoms with van der Waals surface area (Å²) in [6.07, 6.45) is 0.577. The molecule has 0 spiro atoms. The predicted molar refractivity (Wildman–Crippen MR) is 88.6 cm³/mol. The number of nitrogens with zero attached hydrogens (tertiary/aromatic N) is 1. The molecule has 0 heterocycles. The van der Waals surface area contributed by atoms with Crippen LogP contribution in [0.3, 0.4) is 0 Å². The molecule has 0 aliphatic carbocycles. The molecular formula is C17H21NOP+. The van der Waals surface area contributed by atoms with Gasteiger partial charge in [0.05, 0.1) is 24.5 Å². The average molecular weight is 286 g/mol. The minimum Gasteiger partial charge on any atom is -0.346 e. The molecule has 0 saturated heterocycles. The average Bonchev–Trinajstić information content (AvgIpc) is 2.48. The van der Waals surface area contributed by atoms with E-state index in [4.69, 9.17) is 0 Å². The van der Waals surface area contributed by atoms with Crippen molar-refractivity contribution in [2.75, 3.05) is 26.9 Å². The molecule has 104 valence electrons. The Labute approximate surface area is 121 Å². The van der Waals surface area contributed by atoms with E-state index in [1.807, 2.05) is 26.2 Å². The maximum absolute atomic E-state index is 12.3. The molecule has 2 nitrogen and oxygen atoms in total. The van der Waals surface area contributed by atoms with Crippen LogP contribution in [0.15, 0.2) is 60.7 Å². The van der Waals surface area contributed by atoms with Gasteiger partial charge in [-0.25, -0.2) is 0 Å². The van der Waals surface area contributed by atoms with Crippen LogP contribution in [-0.2, 0) is 4.79 Å². The Hall–Kier alpha value is -1.66. The van der Waals surface area contributed by atoms with Crippen LogP contribution in [0.2, 0.25) is 0 Å². The first-order valence-corrected chi connectivity index (χ1v) is 9.13. The van der Waals surface area contributed by atoms with E-state index in [-0.39, 0.29) is 5.91 Å². The van der Waals surface area contributed by atoms with E-state index in [1.54, 1.807) is 4.90 Å². The van der Waals surface area contributed by atoms with Gasteiger partial charge in [-0.2, -0.15) is 0 Å². The van der Waals surface area contributed by atoms with Gasteiger partial charge in [-0.05, 0) is 24.3 Å². The zero-order chi connectivity index (χ0) is 14.6. The minimum atomic E-state index is -1.68. The Morgan fingerprint density at radius 3 is 1.65 bits per heavy atom. The van der Waals surface area contributed by atoms with Crippen molar-refractivity contribution in [1.29, 1.82) is 0 Å². The van der Waals surface area contributed by atoms with Crippen molar-refractivity contribution in [3.8, 4) is 0 Å². The quantitative estimate of drug-likeness (QED) is 0.790. The van der Waals surface area contributed by atoms with Gasteiger partial charge in [-0.1, -0.05) is 36.4 Å². The first-order chi connectivity index (χ1) is 9.54. The molecule has 0 aromatic heterocycles. The smallest absolute Gasteiger partial charge is 0.260 e. The highest BCUT2D eigenvalue weighted by atomic mass is 31.2. The molecule has 20 heavy (non-hydrogen) atoms. The van der Waals surface area contributed by atoms with E-state index < -0.39 is 7.26 Å². The van der Waals surface area contributed by atoms with Crippen molar-refractivity contribution >= 4 is 23.8 Å². The van der Waals surface area contributed by atoms with Gasteiger partial charge in [0.1, 0.15) is 6.16 Å². The lowest BCUT2D eigenvalue weighted by atomic mass is 10.4. The zero-order valence-electron chi connectivity index (χ0n) is 12.3. The number of carbonyl (C=O) groups excluding carboxylic acids is 1. The summed E-state index contributed by atoms with van der Waals surface area (Å²) in [5, 5.41) is 2.56. The molecule has 1 amide bonds. The van der Waals surface area contributed by atoms with Gasteiger partial charge in [-0.15, -0.1) is 0 Å². The van der Waals surface area contributed by atoms with Gasteiger partial charge in [0.2, 0.25) is 0 Å². The van der Waals surface area contributed by atoms with Crippen molar-refractivity contribution in [1.82, 2.24) is 4.90 Å². The van der Waals surface area contributed by atoms with Crippen molar-refractivity contribution < 1.29 is 4.79 Å². The van der Waals surface area contributed by atoms with Crippen LogP contribution in [0, 0.1) is 0 Å². The van der Waals surface area contributed by atoms with Gasteiger partial charge in [0.15, 0.2) is 0 Å². The van der Waals surface area contributed by atoms with E-state index >= 15 is 0 Å². The van der Waals surface area contributed by atoms with Crippen LogP contribution in [-0.4, -0.2) is 37.7 Å². The summed E-state index contributed by atoms with van der Waals surface area (Å²) < 4.78 is 0. The van der Waals surface area contributed by atoms with Gasteiger partial charge >= 0.3 is 0 Å². The summed E-state index contributed by atoms with van der Waals surface area (Å²) >= 11 is 0. The van der Waals surface area contributed by atoms with Gasteiger partial charge in [0.25, 0.3) is 5.91 Å². The fourth-order valence-electron chi connectivity index (χ4n) is 2.26. The van der Waals surface area contributed by atoms with Crippen LogP contribution < -0.4 is 10.6 Å². The molecule has 0 N–H and O–H groups in total. The fraction of sp³-hybridized carbons (Fsp3) is 0.235. The lowest BCUT2D eigenvalue weighted by Crippen LogP contribution is -2.33. The second-order valence-electron chi connectivity index (χ2n) is 5.31. The monoisotopic (exact) mass is 286 g/mol. The largest absolute Gasteiger partial charge is 0.346 e. The third-order valence-corrected chi connectivity index (χ3v) is 7.38. The standard InChI is InChI=1S/C17H21NOP/c1-18(2)17(19)14-20(3,15-10-6-4-7-11-15)16-12-8-5-9-13-16/h4-13H,14H2,1-3H3/q+1. The zero-order valence-corrected chi connectivity index (χ0v) is 13.2. The topological polar surface area (TPSA) is 20.3 Å². The molecule has 2 aromatic carbocycles. The number of carbonyl (C=O) groups is 1. The SMILES string of the molecule is CN(C)C(=O)C[P+](C)(c1ccccc1)c1ccccc1. The Kier molecular flexibility index (Phi) is 4.57.